The lowest BCUT2D eigenvalue weighted by Gasteiger charge is -2.22. The van der Waals surface area contributed by atoms with Gasteiger partial charge in [-0.15, -0.1) is 5.10 Å². The van der Waals surface area contributed by atoms with Crippen molar-refractivity contribution in [3.8, 4) is 11.8 Å². The van der Waals surface area contributed by atoms with Gasteiger partial charge in [0, 0.05) is 6.04 Å². The molecule has 1 amide bonds. The number of unbranched alkanes of at least 4 members (excludes halogenated alkanes) is 2. The number of ether oxygens (including phenoxy) is 1. The van der Waals surface area contributed by atoms with Crippen molar-refractivity contribution in [3.63, 3.8) is 0 Å². The molecule has 33 heavy (non-hydrogen) atoms. The molecule has 0 bridgehead atoms. The Bertz CT molecular complexity index is 758. The Balaban J connectivity index is 1.83. The second-order valence-electron chi connectivity index (χ2n) is 9.78. The summed E-state index contributed by atoms with van der Waals surface area (Å²) in [5.41, 5.74) is 0.719. The van der Waals surface area contributed by atoms with Crippen LogP contribution in [0.15, 0.2) is 6.20 Å². The molecular formula is C26H45N5O2. The Morgan fingerprint density at radius 1 is 1.21 bits per heavy atom. The highest BCUT2D eigenvalue weighted by molar-refractivity contribution is 5.79. The van der Waals surface area contributed by atoms with Crippen LogP contribution in [0.2, 0.25) is 0 Å². The van der Waals surface area contributed by atoms with Crippen molar-refractivity contribution in [2.75, 3.05) is 19.6 Å². The van der Waals surface area contributed by atoms with Gasteiger partial charge >= 0.3 is 0 Å². The normalized spacial score (nSPS) is 20.0. The van der Waals surface area contributed by atoms with Crippen molar-refractivity contribution in [2.24, 2.45) is 5.92 Å². The topological polar surface area (TPSA) is 72.3 Å². The SMILES string of the molecule is CCCCN(CC#Cc1cn([C@H](C)C[C@@H]2CC[C@H]([C@@H](C)C(=O)NC(C)C)O2)nn1)CCCC. The van der Waals surface area contributed by atoms with Crippen LogP contribution >= 0.6 is 0 Å². The van der Waals surface area contributed by atoms with E-state index in [-0.39, 0.29) is 36.1 Å². The van der Waals surface area contributed by atoms with Gasteiger partial charge < -0.3 is 10.1 Å². The fourth-order valence-electron chi connectivity index (χ4n) is 4.17. The molecule has 1 aromatic rings. The Labute approximate surface area is 201 Å². The number of carbonyl (C=O) groups excluding carboxylic acids is 1. The summed E-state index contributed by atoms with van der Waals surface area (Å²) < 4.78 is 8.12. The lowest BCUT2D eigenvalue weighted by Crippen LogP contribution is -2.39. The highest BCUT2D eigenvalue weighted by atomic mass is 16.5. The highest BCUT2D eigenvalue weighted by Crippen LogP contribution is 2.30. The largest absolute Gasteiger partial charge is 0.374 e. The van der Waals surface area contributed by atoms with E-state index in [4.69, 9.17) is 4.74 Å². The Kier molecular flexibility index (Phi) is 11.9. The van der Waals surface area contributed by atoms with Crippen molar-refractivity contribution in [1.82, 2.24) is 25.2 Å². The van der Waals surface area contributed by atoms with Gasteiger partial charge in [0.2, 0.25) is 5.91 Å². The van der Waals surface area contributed by atoms with Gasteiger partial charge in [0.1, 0.15) is 0 Å². The molecule has 1 aliphatic heterocycles. The molecule has 2 rings (SSSR count). The first kappa shape index (κ1) is 27.3. The van der Waals surface area contributed by atoms with Crippen LogP contribution in [0.3, 0.4) is 0 Å². The zero-order valence-corrected chi connectivity index (χ0v) is 21.6. The fraction of sp³-hybridized carbons (Fsp3) is 0.808. The number of hydrogen-bond acceptors (Lipinski definition) is 5. The molecule has 1 fully saturated rings. The molecule has 4 atom stereocenters. The number of nitrogens with one attached hydrogen (secondary N) is 1. The van der Waals surface area contributed by atoms with Crippen molar-refractivity contribution in [1.29, 1.82) is 0 Å². The molecule has 0 aromatic carbocycles. The zero-order chi connectivity index (χ0) is 24.2. The Hall–Kier alpha value is -1.91. The molecule has 7 nitrogen and oxygen atoms in total. The Morgan fingerprint density at radius 3 is 2.55 bits per heavy atom. The molecule has 1 N–H and O–H groups in total. The summed E-state index contributed by atoms with van der Waals surface area (Å²) in [6, 6.07) is 0.319. The summed E-state index contributed by atoms with van der Waals surface area (Å²) in [6.07, 6.45) is 9.65. The van der Waals surface area contributed by atoms with E-state index < -0.39 is 0 Å². The van der Waals surface area contributed by atoms with Crippen molar-refractivity contribution in [3.05, 3.63) is 11.9 Å². The second kappa shape index (κ2) is 14.4. The standard InChI is InChI=1S/C26H45N5O2/c1-7-9-15-30(16-10-8-2)17-11-12-23-19-31(29-28-23)21(5)18-24-13-14-25(33-24)22(6)26(32)27-20(3)4/h19-22,24-25H,7-10,13-18H2,1-6H3,(H,27,32)/t21-,22-,24+,25-/m1/s1. The maximum Gasteiger partial charge on any atom is 0.225 e. The van der Waals surface area contributed by atoms with Gasteiger partial charge in [0.25, 0.3) is 0 Å². The first-order chi connectivity index (χ1) is 15.8. The van der Waals surface area contributed by atoms with E-state index in [1.165, 1.54) is 25.7 Å². The first-order valence-electron chi connectivity index (χ1n) is 12.9. The molecule has 0 aliphatic carbocycles. The summed E-state index contributed by atoms with van der Waals surface area (Å²) in [7, 11) is 0. The number of nitrogens with zero attached hydrogens (tertiary/aromatic N) is 4. The number of hydrogen-bond donors (Lipinski definition) is 1. The Morgan fingerprint density at radius 2 is 1.91 bits per heavy atom. The van der Waals surface area contributed by atoms with Gasteiger partial charge in [-0.3, -0.25) is 9.69 Å². The van der Waals surface area contributed by atoms with Crippen LogP contribution in [0.5, 0.6) is 0 Å². The molecular weight excluding hydrogens is 414 g/mol. The smallest absolute Gasteiger partial charge is 0.225 e. The maximum atomic E-state index is 12.3. The summed E-state index contributed by atoms with van der Waals surface area (Å²) >= 11 is 0. The van der Waals surface area contributed by atoms with Gasteiger partial charge in [-0.2, -0.15) is 0 Å². The zero-order valence-electron chi connectivity index (χ0n) is 21.6. The van der Waals surface area contributed by atoms with Crippen LogP contribution in [-0.4, -0.2) is 63.7 Å². The number of amides is 1. The molecule has 0 unspecified atom stereocenters. The third-order valence-electron chi connectivity index (χ3n) is 6.28. The summed E-state index contributed by atoms with van der Waals surface area (Å²) in [4.78, 5) is 14.7. The van der Waals surface area contributed by atoms with Gasteiger partial charge in [-0.05, 0) is 71.9 Å². The van der Waals surface area contributed by atoms with Crippen LogP contribution in [0.25, 0.3) is 0 Å². The fourth-order valence-corrected chi connectivity index (χ4v) is 4.17. The quantitative estimate of drug-likeness (QED) is 0.448. The molecule has 1 aliphatic rings. The molecule has 2 heterocycles. The molecule has 7 heteroatoms. The summed E-state index contributed by atoms with van der Waals surface area (Å²) in [6.45, 7) is 15.5. The monoisotopic (exact) mass is 459 g/mol. The van der Waals surface area contributed by atoms with E-state index in [2.05, 4.69) is 53.1 Å². The predicted molar refractivity (Wildman–Crippen MR) is 133 cm³/mol. The number of carbonyl (C=O) groups is 1. The van der Waals surface area contributed by atoms with Crippen LogP contribution in [0, 0.1) is 17.8 Å². The van der Waals surface area contributed by atoms with Gasteiger partial charge in [0.05, 0.1) is 36.9 Å². The molecule has 0 saturated carbocycles. The summed E-state index contributed by atoms with van der Waals surface area (Å²) in [5, 5.41) is 11.5. The van der Waals surface area contributed by atoms with Gasteiger partial charge in [0.15, 0.2) is 5.69 Å². The predicted octanol–water partition coefficient (Wildman–Crippen LogP) is 4.19. The van der Waals surface area contributed by atoms with Crippen LogP contribution in [0.1, 0.15) is 98.2 Å². The molecule has 186 valence electrons. The molecule has 0 radical (unpaired) electrons. The van der Waals surface area contributed by atoms with Gasteiger partial charge in [-0.25, -0.2) is 4.68 Å². The van der Waals surface area contributed by atoms with Crippen LogP contribution in [0.4, 0.5) is 0 Å². The van der Waals surface area contributed by atoms with E-state index in [1.54, 1.807) is 0 Å². The van der Waals surface area contributed by atoms with Crippen molar-refractivity contribution in [2.45, 2.75) is 111 Å². The average molecular weight is 460 g/mol. The number of aromatic nitrogens is 3. The molecule has 1 saturated heterocycles. The van der Waals surface area contributed by atoms with Crippen LogP contribution in [-0.2, 0) is 9.53 Å². The minimum Gasteiger partial charge on any atom is -0.374 e. The van der Waals surface area contributed by atoms with Crippen molar-refractivity contribution < 1.29 is 9.53 Å². The molecule has 0 spiro atoms. The summed E-state index contributed by atoms with van der Waals surface area (Å²) in [5.74, 6) is 6.42. The van der Waals surface area contributed by atoms with E-state index in [0.29, 0.717) is 0 Å². The van der Waals surface area contributed by atoms with Crippen molar-refractivity contribution >= 4 is 5.91 Å². The minimum absolute atomic E-state index is 0.0125. The first-order valence-corrected chi connectivity index (χ1v) is 12.9. The average Bonchev–Trinajstić information content (AvgIpc) is 3.44. The number of rotatable bonds is 13. The van der Waals surface area contributed by atoms with Crippen LogP contribution < -0.4 is 5.32 Å². The lowest BCUT2D eigenvalue weighted by molar-refractivity contribution is -0.129. The van der Waals surface area contributed by atoms with E-state index in [1.807, 2.05) is 31.6 Å². The third-order valence-corrected chi connectivity index (χ3v) is 6.28. The van der Waals surface area contributed by atoms with E-state index in [0.717, 1.165) is 44.6 Å². The molecule has 1 aromatic heterocycles. The second-order valence-corrected chi connectivity index (χ2v) is 9.78. The highest BCUT2D eigenvalue weighted by Gasteiger charge is 2.34. The third kappa shape index (κ3) is 9.46. The van der Waals surface area contributed by atoms with E-state index in [9.17, 15) is 4.79 Å². The maximum absolute atomic E-state index is 12.3. The van der Waals surface area contributed by atoms with Gasteiger partial charge in [-0.1, -0.05) is 44.7 Å². The van der Waals surface area contributed by atoms with E-state index >= 15 is 0 Å². The minimum atomic E-state index is -0.129. The lowest BCUT2D eigenvalue weighted by atomic mass is 10.00.